The van der Waals surface area contributed by atoms with E-state index in [1.165, 1.54) is 0 Å². The van der Waals surface area contributed by atoms with Crippen LogP contribution in [0.15, 0.2) is 18.2 Å². The minimum atomic E-state index is -2.26. The zero-order valence-electron chi connectivity index (χ0n) is 6.86. The number of rotatable bonds is 2. The Hall–Kier alpha value is -1.20. The zero-order valence-corrected chi connectivity index (χ0v) is 6.86. The molecule has 1 aliphatic rings. The van der Waals surface area contributed by atoms with Crippen LogP contribution in [-0.4, -0.2) is 13.9 Å². The summed E-state index contributed by atoms with van der Waals surface area (Å²) in [6, 6.07) is 4.94. The minimum absolute atomic E-state index is 0.319. The highest BCUT2D eigenvalue weighted by molar-refractivity contribution is 6.29. The Kier molecular flexibility index (Phi) is 2.12. The van der Waals surface area contributed by atoms with Crippen LogP contribution in [0.1, 0.15) is 5.56 Å². The summed E-state index contributed by atoms with van der Waals surface area (Å²) in [5.74, 6) is 1.12. The normalized spacial score (nSPS) is 13.4. The molecule has 0 atom stereocenters. The van der Waals surface area contributed by atoms with Crippen molar-refractivity contribution in [3.63, 3.8) is 0 Å². The second-order valence-corrected chi connectivity index (χ2v) is 2.77. The van der Waals surface area contributed by atoms with E-state index >= 15 is 0 Å². The first kappa shape index (κ1) is 8.41. The third kappa shape index (κ3) is 1.76. The molecule has 0 aromatic heterocycles. The minimum Gasteiger partial charge on any atom is -0.860 e. The van der Waals surface area contributed by atoms with Gasteiger partial charge in [0.25, 0.3) is 0 Å². The Balaban J connectivity index is 2.21. The van der Waals surface area contributed by atoms with Gasteiger partial charge < -0.3 is 19.4 Å². The van der Waals surface area contributed by atoms with Crippen molar-refractivity contribution < 1.29 is 19.4 Å². The van der Waals surface area contributed by atoms with Gasteiger partial charge in [0.1, 0.15) is 13.1 Å². The Morgan fingerprint density at radius 1 is 1.38 bits per heavy atom. The molecule has 1 aromatic carbocycles. The summed E-state index contributed by atoms with van der Waals surface area (Å²) < 4.78 is 9.72. The molecular weight excluding hydrogens is 171 g/mol. The van der Waals surface area contributed by atoms with Crippen LogP contribution in [0.4, 0.5) is 0 Å². The molecule has 0 aliphatic carbocycles. The number of ether oxygens (including phenoxy) is 1. The predicted molar refractivity (Wildman–Crippen MR) is 42.0 cm³/mol. The Morgan fingerprint density at radius 2 is 2.23 bits per heavy atom. The van der Waals surface area contributed by atoms with Gasteiger partial charge in [-0.25, -0.2) is 0 Å². The average molecular weight is 178 g/mol. The largest absolute Gasteiger partial charge is 0.860 e. The van der Waals surface area contributed by atoms with Gasteiger partial charge in [0.05, 0.1) is 12.4 Å². The zero-order chi connectivity index (χ0) is 9.26. The third-order valence-corrected chi connectivity index (χ3v) is 1.89. The summed E-state index contributed by atoms with van der Waals surface area (Å²) >= 11 is 0. The molecule has 0 spiro atoms. The fourth-order valence-corrected chi connectivity index (χ4v) is 1.35. The van der Waals surface area contributed by atoms with Crippen molar-refractivity contribution >= 4 is 7.32 Å². The fraction of sp³-hybridized carbons (Fsp3) is 0.250. The summed E-state index contributed by atoms with van der Waals surface area (Å²) in [7, 11) is -2.26. The highest BCUT2D eigenvalue weighted by Crippen LogP contribution is 2.28. The van der Waals surface area contributed by atoms with E-state index in [4.69, 9.17) is 4.74 Å². The van der Waals surface area contributed by atoms with Crippen molar-refractivity contribution in [2.75, 3.05) is 6.61 Å². The van der Waals surface area contributed by atoms with Crippen LogP contribution in [0, 0.1) is 0 Å². The van der Waals surface area contributed by atoms with Crippen LogP contribution in [0.3, 0.4) is 0 Å². The first-order chi connectivity index (χ1) is 6.25. The molecule has 68 valence electrons. The molecule has 0 saturated heterocycles. The van der Waals surface area contributed by atoms with E-state index < -0.39 is 7.32 Å². The highest BCUT2D eigenvalue weighted by atomic mass is 16.6. The van der Waals surface area contributed by atoms with Crippen molar-refractivity contribution in [3.05, 3.63) is 23.8 Å². The lowest BCUT2D eigenvalue weighted by molar-refractivity contribution is -0.372. The van der Waals surface area contributed by atoms with Crippen molar-refractivity contribution in [2.24, 2.45) is 0 Å². The molecule has 2 rings (SSSR count). The highest BCUT2D eigenvalue weighted by Gasteiger charge is 2.11. The molecule has 0 bridgehead atoms. The second-order valence-electron chi connectivity index (χ2n) is 2.77. The van der Waals surface area contributed by atoms with Crippen molar-refractivity contribution in [2.45, 2.75) is 6.42 Å². The predicted octanol–water partition coefficient (Wildman–Crippen LogP) is -1.29. The molecule has 0 radical (unpaired) electrons. The SMILES string of the molecule is [O-]B([O-])Oc1ccc2c(c1)CCO2. The molecule has 1 heterocycles. The molecule has 0 amide bonds. The molecule has 1 aromatic rings. The first-order valence-electron chi connectivity index (χ1n) is 4.00. The molecule has 0 N–H and O–H groups in total. The average Bonchev–Trinajstić information content (AvgIpc) is 2.49. The second kappa shape index (κ2) is 3.28. The van der Waals surface area contributed by atoms with Crippen LogP contribution >= 0.6 is 0 Å². The van der Waals surface area contributed by atoms with Crippen LogP contribution < -0.4 is 19.4 Å². The van der Waals surface area contributed by atoms with E-state index in [0.717, 1.165) is 17.7 Å². The van der Waals surface area contributed by atoms with Gasteiger partial charge in [0.15, 0.2) is 0 Å². The van der Waals surface area contributed by atoms with Crippen molar-refractivity contribution in [3.8, 4) is 11.5 Å². The Morgan fingerprint density at radius 3 is 3.00 bits per heavy atom. The monoisotopic (exact) mass is 178 g/mol. The molecule has 4 nitrogen and oxygen atoms in total. The van der Waals surface area contributed by atoms with Gasteiger partial charge in [-0.1, -0.05) is 0 Å². The van der Waals surface area contributed by atoms with E-state index in [0.29, 0.717) is 12.4 Å². The van der Waals surface area contributed by atoms with Gasteiger partial charge in [0, 0.05) is 12.0 Å². The lowest BCUT2D eigenvalue weighted by Gasteiger charge is -2.26. The summed E-state index contributed by atoms with van der Waals surface area (Å²) in [6.45, 7) is 0.650. The summed E-state index contributed by atoms with van der Waals surface area (Å²) in [5, 5.41) is 20.4. The third-order valence-electron chi connectivity index (χ3n) is 1.89. The standard InChI is InChI=1S/C8H7BO4/c10-9(11)13-7-1-2-8-6(5-7)3-4-12-8/h1-2,5H,3-4H2/q-2. The fourth-order valence-electron chi connectivity index (χ4n) is 1.35. The van der Waals surface area contributed by atoms with Gasteiger partial charge >= 0.3 is 0 Å². The summed E-state index contributed by atoms with van der Waals surface area (Å²) in [5.41, 5.74) is 0.984. The first-order valence-corrected chi connectivity index (χ1v) is 4.00. The van der Waals surface area contributed by atoms with Crippen molar-refractivity contribution in [1.82, 2.24) is 0 Å². The number of fused-ring (bicyclic) bond motifs is 1. The van der Waals surface area contributed by atoms with Gasteiger partial charge in [-0.2, -0.15) is 0 Å². The topological polar surface area (TPSA) is 64.6 Å². The van der Waals surface area contributed by atoms with Gasteiger partial charge in [0.2, 0.25) is 0 Å². The van der Waals surface area contributed by atoms with Crippen LogP contribution in [0.25, 0.3) is 0 Å². The van der Waals surface area contributed by atoms with Crippen LogP contribution in [-0.2, 0) is 6.42 Å². The van der Waals surface area contributed by atoms with E-state index in [9.17, 15) is 10.0 Å². The van der Waals surface area contributed by atoms with E-state index in [1.807, 2.05) is 0 Å². The lowest BCUT2D eigenvalue weighted by Crippen LogP contribution is -2.50. The summed E-state index contributed by atoms with van der Waals surface area (Å²) in [6.07, 6.45) is 0.801. The van der Waals surface area contributed by atoms with Crippen LogP contribution in [0.5, 0.6) is 11.5 Å². The Bertz CT molecular complexity index is 313. The van der Waals surface area contributed by atoms with E-state index in [1.54, 1.807) is 18.2 Å². The van der Waals surface area contributed by atoms with E-state index in [-0.39, 0.29) is 0 Å². The molecule has 0 unspecified atom stereocenters. The van der Waals surface area contributed by atoms with Crippen LogP contribution in [0.2, 0.25) is 0 Å². The molecule has 5 heteroatoms. The summed E-state index contributed by atoms with van der Waals surface area (Å²) in [4.78, 5) is 0. The molecule has 13 heavy (non-hydrogen) atoms. The maximum Gasteiger partial charge on any atom is 0.133 e. The van der Waals surface area contributed by atoms with E-state index in [2.05, 4.69) is 4.65 Å². The lowest BCUT2D eigenvalue weighted by atomic mass is 10.1. The molecular formula is C8H7BO4-2. The molecule has 0 saturated carbocycles. The van der Waals surface area contributed by atoms with Gasteiger partial charge in [-0.3, -0.25) is 0 Å². The number of hydrogen-bond acceptors (Lipinski definition) is 4. The maximum atomic E-state index is 10.2. The molecule has 1 aliphatic heterocycles. The van der Waals surface area contributed by atoms with Gasteiger partial charge in [-0.15, -0.1) is 0 Å². The van der Waals surface area contributed by atoms with Crippen molar-refractivity contribution in [1.29, 1.82) is 0 Å². The maximum absolute atomic E-state index is 10.2. The quantitative estimate of drug-likeness (QED) is 0.528. The Labute approximate surface area is 75.9 Å². The van der Waals surface area contributed by atoms with Gasteiger partial charge in [-0.05, 0) is 18.2 Å². The molecule has 0 fully saturated rings. The number of benzene rings is 1. The number of hydrogen-bond donors (Lipinski definition) is 0. The smallest absolute Gasteiger partial charge is 0.133 e.